The van der Waals surface area contributed by atoms with E-state index < -0.39 is 0 Å². The lowest BCUT2D eigenvalue weighted by atomic mass is 10.2. The number of carbonyl (C=O) groups is 1. The van der Waals surface area contributed by atoms with E-state index in [1.807, 2.05) is 32.0 Å². The molecule has 18 heavy (non-hydrogen) atoms. The second-order valence-corrected chi connectivity index (χ2v) is 4.10. The first-order valence-corrected chi connectivity index (χ1v) is 5.70. The van der Waals surface area contributed by atoms with Crippen LogP contribution in [-0.2, 0) is 4.79 Å². The van der Waals surface area contributed by atoms with Gasteiger partial charge in [-0.2, -0.15) is 0 Å². The zero-order chi connectivity index (χ0) is 13.5. The molecule has 0 saturated carbocycles. The number of anilines is 2. The van der Waals surface area contributed by atoms with E-state index >= 15 is 0 Å². The first-order valence-electron chi connectivity index (χ1n) is 5.70. The topological polar surface area (TPSA) is 91.5 Å². The Labute approximate surface area is 107 Å². The maximum atomic E-state index is 11.0. The van der Waals surface area contributed by atoms with Crippen molar-refractivity contribution in [1.82, 2.24) is 5.43 Å². The lowest BCUT2D eigenvalue weighted by molar-refractivity contribution is -0.114. The molecule has 0 spiro atoms. The summed E-state index contributed by atoms with van der Waals surface area (Å²) in [6, 6.07) is 7.42. The SMILES string of the molecule is CC(=O)Nc1cccc(NC(=NC(C)C)NN)c1. The highest BCUT2D eigenvalue weighted by Gasteiger charge is 2.01. The van der Waals surface area contributed by atoms with Crippen LogP contribution in [-0.4, -0.2) is 17.9 Å². The van der Waals surface area contributed by atoms with E-state index in [4.69, 9.17) is 5.84 Å². The molecule has 1 aromatic carbocycles. The molecule has 0 fully saturated rings. The van der Waals surface area contributed by atoms with Gasteiger partial charge in [-0.3, -0.25) is 10.2 Å². The third-order valence-electron chi connectivity index (χ3n) is 1.97. The molecule has 0 radical (unpaired) electrons. The molecule has 0 aliphatic carbocycles. The first kappa shape index (κ1) is 14.0. The van der Waals surface area contributed by atoms with E-state index in [0.717, 1.165) is 5.69 Å². The van der Waals surface area contributed by atoms with Crippen LogP contribution in [0.1, 0.15) is 20.8 Å². The Morgan fingerprint density at radius 2 is 1.89 bits per heavy atom. The summed E-state index contributed by atoms with van der Waals surface area (Å²) < 4.78 is 0. The fourth-order valence-corrected chi connectivity index (χ4v) is 1.38. The molecule has 0 heterocycles. The highest BCUT2D eigenvalue weighted by atomic mass is 16.1. The van der Waals surface area contributed by atoms with Gasteiger partial charge in [0.2, 0.25) is 11.9 Å². The van der Waals surface area contributed by atoms with E-state index in [9.17, 15) is 4.79 Å². The predicted molar refractivity (Wildman–Crippen MR) is 74.3 cm³/mol. The largest absolute Gasteiger partial charge is 0.326 e. The molecule has 98 valence electrons. The average molecular weight is 249 g/mol. The third-order valence-corrected chi connectivity index (χ3v) is 1.97. The van der Waals surface area contributed by atoms with Crippen LogP contribution in [0.15, 0.2) is 29.3 Å². The highest BCUT2D eigenvalue weighted by Crippen LogP contribution is 2.14. The molecule has 1 aromatic rings. The average Bonchev–Trinajstić information content (AvgIpc) is 2.27. The van der Waals surface area contributed by atoms with Crippen LogP contribution in [0, 0.1) is 0 Å². The van der Waals surface area contributed by atoms with Gasteiger partial charge in [-0.05, 0) is 32.0 Å². The zero-order valence-electron chi connectivity index (χ0n) is 10.8. The van der Waals surface area contributed by atoms with E-state index in [-0.39, 0.29) is 11.9 Å². The predicted octanol–water partition coefficient (Wildman–Crippen LogP) is 1.28. The lowest BCUT2D eigenvalue weighted by Gasteiger charge is -2.11. The summed E-state index contributed by atoms with van der Waals surface area (Å²) in [5.74, 6) is 5.74. The van der Waals surface area contributed by atoms with Gasteiger partial charge < -0.3 is 10.6 Å². The van der Waals surface area contributed by atoms with Crippen molar-refractivity contribution in [3.8, 4) is 0 Å². The van der Waals surface area contributed by atoms with Crippen molar-refractivity contribution in [3.05, 3.63) is 24.3 Å². The second-order valence-electron chi connectivity index (χ2n) is 4.10. The number of nitrogens with two attached hydrogens (primary N) is 1. The fraction of sp³-hybridized carbons (Fsp3) is 0.333. The summed E-state index contributed by atoms with van der Waals surface area (Å²) in [6.07, 6.45) is 0. The summed E-state index contributed by atoms with van der Waals surface area (Å²) in [5, 5.41) is 5.74. The van der Waals surface area contributed by atoms with Crippen molar-refractivity contribution < 1.29 is 4.79 Å². The number of hydrazine groups is 1. The number of guanidine groups is 1. The number of benzene rings is 1. The fourth-order valence-electron chi connectivity index (χ4n) is 1.38. The number of amides is 1. The molecule has 0 unspecified atom stereocenters. The van der Waals surface area contributed by atoms with Crippen molar-refractivity contribution in [3.63, 3.8) is 0 Å². The summed E-state index contributed by atoms with van der Waals surface area (Å²) in [7, 11) is 0. The number of carbonyl (C=O) groups excluding carboxylic acids is 1. The Bertz CT molecular complexity index is 442. The van der Waals surface area contributed by atoms with Crippen LogP contribution in [0.5, 0.6) is 0 Å². The molecule has 5 N–H and O–H groups in total. The maximum Gasteiger partial charge on any atom is 0.221 e. The standard InChI is InChI=1S/C12H19N5O/c1-8(2)14-12(17-13)16-11-6-4-5-10(7-11)15-9(3)18/h4-8H,13H2,1-3H3,(H,15,18)(H2,14,16,17). The van der Waals surface area contributed by atoms with Gasteiger partial charge in [0.05, 0.1) is 0 Å². The summed E-state index contributed by atoms with van der Waals surface area (Å²) in [6.45, 7) is 5.37. The number of nitrogens with one attached hydrogen (secondary N) is 3. The third kappa shape index (κ3) is 4.84. The van der Waals surface area contributed by atoms with Gasteiger partial charge in [0.1, 0.15) is 0 Å². The number of hydrogen-bond donors (Lipinski definition) is 4. The Morgan fingerprint density at radius 1 is 1.28 bits per heavy atom. The minimum absolute atomic E-state index is 0.111. The van der Waals surface area contributed by atoms with Crippen LogP contribution in [0.4, 0.5) is 11.4 Å². The van der Waals surface area contributed by atoms with Crippen molar-refractivity contribution >= 4 is 23.2 Å². The number of hydrogen-bond acceptors (Lipinski definition) is 3. The molecular weight excluding hydrogens is 230 g/mol. The Hall–Kier alpha value is -2.08. The van der Waals surface area contributed by atoms with E-state index in [0.29, 0.717) is 11.6 Å². The maximum absolute atomic E-state index is 11.0. The Balaban J connectivity index is 2.80. The summed E-state index contributed by atoms with van der Waals surface area (Å²) in [4.78, 5) is 15.2. The second kappa shape index (κ2) is 6.61. The minimum Gasteiger partial charge on any atom is -0.326 e. The highest BCUT2D eigenvalue weighted by molar-refractivity contribution is 5.95. The van der Waals surface area contributed by atoms with Crippen LogP contribution in [0.2, 0.25) is 0 Å². The van der Waals surface area contributed by atoms with Gasteiger partial charge >= 0.3 is 0 Å². The molecular formula is C12H19N5O. The Morgan fingerprint density at radius 3 is 2.39 bits per heavy atom. The van der Waals surface area contributed by atoms with E-state index in [1.54, 1.807) is 6.07 Å². The molecule has 1 rings (SSSR count). The molecule has 6 nitrogen and oxygen atoms in total. The van der Waals surface area contributed by atoms with Crippen molar-refractivity contribution in [2.45, 2.75) is 26.8 Å². The number of nitrogens with zero attached hydrogens (tertiary/aromatic N) is 1. The molecule has 0 bridgehead atoms. The summed E-state index contributed by atoms with van der Waals surface area (Å²) >= 11 is 0. The lowest BCUT2D eigenvalue weighted by Crippen LogP contribution is -2.36. The van der Waals surface area contributed by atoms with Gasteiger partial charge in [0.25, 0.3) is 0 Å². The van der Waals surface area contributed by atoms with Gasteiger partial charge in [0.15, 0.2) is 0 Å². The van der Waals surface area contributed by atoms with Crippen molar-refractivity contribution in [1.29, 1.82) is 0 Å². The Kier molecular flexibility index (Phi) is 5.13. The van der Waals surface area contributed by atoms with Crippen LogP contribution >= 0.6 is 0 Å². The van der Waals surface area contributed by atoms with Crippen molar-refractivity contribution in [2.24, 2.45) is 10.8 Å². The van der Waals surface area contributed by atoms with Crippen LogP contribution in [0.25, 0.3) is 0 Å². The molecule has 1 amide bonds. The van der Waals surface area contributed by atoms with E-state index in [2.05, 4.69) is 21.1 Å². The minimum atomic E-state index is -0.111. The quantitative estimate of drug-likeness (QED) is 0.281. The molecule has 0 saturated heterocycles. The van der Waals surface area contributed by atoms with Gasteiger partial charge in [-0.1, -0.05) is 6.07 Å². The number of aliphatic imine (C=N–C) groups is 1. The van der Waals surface area contributed by atoms with Crippen LogP contribution < -0.4 is 21.9 Å². The molecule has 6 heteroatoms. The van der Waals surface area contributed by atoms with Gasteiger partial charge in [-0.25, -0.2) is 10.8 Å². The van der Waals surface area contributed by atoms with Gasteiger partial charge in [0, 0.05) is 24.3 Å². The molecule has 0 aliphatic heterocycles. The molecule has 0 atom stereocenters. The molecule has 0 aromatic heterocycles. The smallest absolute Gasteiger partial charge is 0.221 e. The van der Waals surface area contributed by atoms with Crippen molar-refractivity contribution in [2.75, 3.05) is 10.6 Å². The zero-order valence-corrected chi connectivity index (χ0v) is 10.8. The van der Waals surface area contributed by atoms with Gasteiger partial charge in [-0.15, -0.1) is 0 Å². The monoisotopic (exact) mass is 249 g/mol. The first-order chi connectivity index (χ1) is 8.51. The van der Waals surface area contributed by atoms with E-state index in [1.165, 1.54) is 6.92 Å². The molecule has 0 aliphatic rings. The summed E-state index contributed by atoms with van der Waals surface area (Å²) in [5.41, 5.74) is 4.00. The number of rotatable bonds is 3. The normalized spacial score (nSPS) is 11.3. The van der Waals surface area contributed by atoms with Crippen LogP contribution in [0.3, 0.4) is 0 Å².